The maximum atomic E-state index is 10.5. The van der Waals surface area contributed by atoms with E-state index < -0.39 is 0 Å². The fraction of sp³-hybridized carbons (Fsp3) is 0. The standard InChI is InChI=1S/C22H14O/c23-20-11-5-6-14-12-13-19-17-9-2-1-7-15(17)16-8-3-4-10-18(16)22(19)21(14)20/h1-13,23H. The van der Waals surface area contributed by atoms with Gasteiger partial charge in [0.05, 0.1) is 0 Å². The lowest BCUT2D eigenvalue weighted by Crippen LogP contribution is -1.85. The predicted octanol–water partition coefficient (Wildman–Crippen LogP) is 6.01. The molecular formula is C22H14O. The summed E-state index contributed by atoms with van der Waals surface area (Å²) in [4.78, 5) is 0. The van der Waals surface area contributed by atoms with Gasteiger partial charge in [0, 0.05) is 10.8 Å². The number of rotatable bonds is 0. The Kier molecular flexibility index (Phi) is 2.42. The lowest BCUT2D eigenvalue weighted by atomic mass is 9.91. The molecule has 0 atom stereocenters. The monoisotopic (exact) mass is 294 g/mol. The minimum Gasteiger partial charge on any atom is -0.507 e. The van der Waals surface area contributed by atoms with E-state index in [4.69, 9.17) is 0 Å². The van der Waals surface area contributed by atoms with Gasteiger partial charge in [0.25, 0.3) is 0 Å². The van der Waals surface area contributed by atoms with Crippen molar-refractivity contribution in [1.29, 1.82) is 0 Å². The number of aromatic hydroxyl groups is 1. The van der Waals surface area contributed by atoms with Crippen LogP contribution in [-0.2, 0) is 0 Å². The van der Waals surface area contributed by atoms with E-state index in [1.165, 1.54) is 26.9 Å². The highest BCUT2D eigenvalue weighted by Gasteiger charge is 2.12. The minimum absolute atomic E-state index is 0.341. The van der Waals surface area contributed by atoms with Gasteiger partial charge in [-0.3, -0.25) is 0 Å². The van der Waals surface area contributed by atoms with Crippen LogP contribution < -0.4 is 0 Å². The maximum Gasteiger partial charge on any atom is 0.124 e. The van der Waals surface area contributed by atoms with Gasteiger partial charge in [-0.25, -0.2) is 0 Å². The summed E-state index contributed by atoms with van der Waals surface area (Å²) in [6, 6.07) is 26.9. The van der Waals surface area contributed by atoms with Crippen molar-refractivity contribution in [3.05, 3.63) is 78.9 Å². The Hall–Kier alpha value is -3.06. The van der Waals surface area contributed by atoms with Crippen LogP contribution in [0.5, 0.6) is 5.75 Å². The summed E-state index contributed by atoms with van der Waals surface area (Å²) in [5, 5.41) is 19.7. The van der Waals surface area contributed by atoms with Crippen LogP contribution in [0.15, 0.2) is 78.9 Å². The summed E-state index contributed by atoms with van der Waals surface area (Å²) in [7, 11) is 0. The van der Waals surface area contributed by atoms with Crippen LogP contribution in [0.25, 0.3) is 43.1 Å². The van der Waals surface area contributed by atoms with E-state index in [2.05, 4.69) is 66.7 Å². The van der Waals surface area contributed by atoms with Crippen LogP contribution in [0, 0.1) is 0 Å². The minimum atomic E-state index is 0.341. The van der Waals surface area contributed by atoms with E-state index in [9.17, 15) is 5.11 Å². The van der Waals surface area contributed by atoms with Gasteiger partial charge in [0.2, 0.25) is 0 Å². The van der Waals surface area contributed by atoms with Gasteiger partial charge in [-0.15, -0.1) is 0 Å². The smallest absolute Gasteiger partial charge is 0.124 e. The molecule has 0 saturated heterocycles. The zero-order chi connectivity index (χ0) is 15.4. The Bertz CT molecular complexity index is 1180. The molecule has 5 rings (SSSR count). The first kappa shape index (κ1) is 12.5. The van der Waals surface area contributed by atoms with Crippen LogP contribution in [0.4, 0.5) is 0 Å². The van der Waals surface area contributed by atoms with Gasteiger partial charge in [-0.05, 0) is 38.4 Å². The molecule has 0 radical (unpaired) electrons. The van der Waals surface area contributed by atoms with Crippen molar-refractivity contribution >= 4 is 43.1 Å². The summed E-state index contributed by atoms with van der Waals surface area (Å²) >= 11 is 0. The van der Waals surface area contributed by atoms with Gasteiger partial charge in [-0.2, -0.15) is 0 Å². The van der Waals surface area contributed by atoms with Crippen LogP contribution in [-0.4, -0.2) is 5.11 Å². The molecule has 1 N–H and O–H groups in total. The third-order valence-corrected chi connectivity index (χ3v) is 4.73. The molecule has 0 saturated carbocycles. The first-order valence-corrected chi connectivity index (χ1v) is 7.78. The van der Waals surface area contributed by atoms with Crippen LogP contribution >= 0.6 is 0 Å². The largest absolute Gasteiger partial charge is 0.507 e. The molecular weight excluding hydrogens is 280 g/mol. The van der Waals surface area contributed by atoms with Crippen molar-refractivity contribution in [2.75, 3.05) is 0 Å². The molecule has 1 nitrogen and oxygen atoms in total. The molecule has 0 fully saturated rings. The molecule has 0 unspecified atom stereocenters. The summed E-state index contributed by atoms with van der Waals surface area (Å²) < 4.78 is 0. The molecule has 0 heterocycles. The lowest BCUT2D eigenvalue weighted by molar-refractivity contribution is 0.482. The highest BCUT2D eigenvalue weighted by atomic mass is 16.3. The van der Waals surface area contributed by atoms with Crippen molar-refractivity contribution in [2.24, 2.45) is 0 Å². The SMILES string of the molecule is Oc1cccc2ccc3c4ccccc4c4ccccc4c3c12. The maximum absolute atomic E-state index is 10.5. The topological polar surface area (TPSA) is 20.2 Å². The van der Waals surface area contributed by atoms with E-state index in [0.717, 1.165) is 16.2 Å². The molecule has 0 amide bonds. The second-order valence-electron chi connectivity index (χ2n) is 5.95. The molecule has 0 spiro atoms. The molecule has 0 aromatic heterocycles. The summed E-state index contributed by atoms with van der Waals surface area (Å²) in [6.45, 7) is 0. The Morgan fingerprint density at radius 2 is 1.00 bits per heavy atom. The fourth-order valence-corrected chi connectivity index (χ4v) is 3.75. The molecule has 5 aromatic carbocycles. The van der Waals surface area contributed by atoms with Crippen molar-refractivity contribution < 1.29 is 5.11 Å². The Morgan fingerprint density at radius 1 is 0.435 bits per heavy atom. The van der Waals surface area contributed by atoms with Gasteiger partial charge in [0.1, 0.15) is 5.75 Å². The normalized spacial score (nSPS) is 11.7. The highest BCUT2D eigenvalue weighted by molar-refractivity contribution is 6.32. The summed E-state index contributed by atoms with van der Waals surface area (Å²) in [5.74, 6) is 0.341. The molecule has 108 valence electrons. The number of hydrogen-bond acceptors (Lipinski definition) is 1. The van der Waals surface area contributed by atoms with Gasteiger partial charge < -0.3 is 5.11 Å². The van der Waals surface area contributed by atoms with Crippen LogP contribution in [0.2, 0.25) is 0 Å². The van der Waals surface area contributed by atoms with E-state index in [-0.39, 0.29) is 0 Å². The Labute approximate surface area is 133 Å². The van der Waals surface area contributed by atoms with Gasteiger partial charge in [-0.1, -0.05) is 72.8 Å². The molecule has 23 heavy (non-hydrogen) atoms. The average molecular weight is 294 g/mol. The molecule has 1 heteroatoms. The van der Waals surface area contributed by atoms with Gasteiger partial charge >= 0.3 is 0 Å². The zero-order valence-electron chi connectivity index (χ0n) is 12.5. The first-order chi connectivity index (χ1) is 11.3. The molecule has 0 aliphatic rings. The summed E-state index contributed by atoms with van der Waals surface area (Å²) in [5.41, 5.74) is 0. The van der Waals surface area contributed by atoms with Crippen LogP contribution in [0.3, 0.4) is 0 Å². The van der Waals surface area contributed by atoms with Crippen molar-refractivity contribution in [1.82, 2.24) is 0 Å². The summed E-state index contributed by atoms with van der Waals surface area (Å²) in [6.07, 6.45) is 0. The third-order valence-electron chi connectivity index (χ3n) is 4.73. The number of fused-ring (bicyclic) bond motifs is 8. The molecule has 0 bridgehead atoms. The number of phenols is 1. The van der Waals surface area contributed by atoms with Crippen molar-refractivity contribution in [3.63, 3.8) is 0 Å². The predicted molar refractivity (Wildman–Crippen MR) is 98.1 cm³/mol. The van der Waals surface area contributed by atoms with Crippen molar-refractivity contribution in [3.8, 4) is 5.75 Å². The second-order valence-corrected chi connectivity index (χ2v) is 5.95. The Balaban J connectivity index is 2.25. The van der Waals surface area contributed by atoms with E-state index in [0.29, 0.717) is 5.75 Å². The fourth-order valence-electron chi connectivity index (χ4n) is 3.75. The number of benzene rings is 5. The molecule has 0 aliphatic carbocycles. The second kappa shape index (κ2) is 4.47. The highest BCUT2D eigenvalue weighted by Crippen LogP contribution is 2.41. The third kappa shape index (κ3) is 1.62. The average Bonchev–Trinajstić information content (AvgIpc) is 2.61. The number of hydrogen-bond donors (Lipinski definition) is 1. The lowest BCUT2D eigenvalue weighted by Gasteiger charge is -2.13. The van der Waals surface area contributed by atoms with E-state index in [1.54, 1.807) is 6.07 Å². The molecule has 5 aromatic rings. The quantitative estimate of drug-likeness (QED) is 0.347. The molecule has 0 aliphatic heterocycles. The van der Waals surface area contributed by atoms with E-state index in [1.807, 2.05) is 6.07 Å². The van der Waals surface area contributed by atoms with E-state index >= 15 is 0 Å². The van der Waals surface area contributed by atoms with Crippen LogP contribution in [0.1, 0.15) is 0 Å². The van der Waals surface area contributed by atoms with Crippen molar-refractivity contribution in [2.45, 2.75) is 0 Å². The van der Waals surface area contributed by atoms with Gasteiger partial charge in [0.15, 0.2) is 0 Å². The zero-order valence-corrected chi connectivity index (χ0v) is 12.5. The Morgan fingerprint density at radius 3 is 1.70 bits per heavy atom. The number of phenolic OH excluding ortho intramolecular Hbond substituents is 1. The first-order valence-electron chi connectivity index (χ1n) is 7.78.